The van der Waals surface area contributed by atoms with Crippen molar-refractivity contribution in [3.05, 3.63) is 80.0 Å². The largest absolute Gasteiger partial charge is 0.493 e. The monoisotopic (exact) mass is 568 g/mol. The van der Waals surface area contributed by atoms with Crippen molar-refractivity contribution in [2.24, 2.45) is 5.92 Å². The van der Waals surface area contributed by atoms with Gasteiger partial charge in [-0.3, -0.25) is 14.9 Å². The van der Waals surface area contributed by atoms with E-state index >= 15 is 0 Å². The van der Waals surface area contributed by atoms with Crippen LogP contribution >= 0.6 is 11.3 Å². The Morgan fingerprint density at radius 1 is 1.02 bits per heavy atom. The molecule has 40 heavy (non-hydrogen) atoms. The molecule has 0 atom stereocenters. The first-order valence-electron chi connectivity index (χ1n) is 12.9. The van der Waals surface area contributed by atoms with Gasteiger partial charge in [0.15, 0.2) is 11.5 Å². The summed E-state index contributed by atoms with van der Waals surface area (Å²) in [6, 6.07) is 12.9. The molecule has 214 valence electrons. The number of carbonyl (C=O) groups excluding carboxylic acids is 2. The quantitative estimate of drug-likeness (QED) is 0.208. The molecule has 0 aliphatic rings. The maximum Gasteiger partial charge on any atom is 0.322 e. The van der Waals surface area contributed by atoms with E-state index in [0.29, 0.717) is 43.2 Å². The van der Waals surface area contributed by atoms with Crippen molar-refractivity contribution in [1.82, 2.24) is 9.80 Å². The Bertz CT molecular complexity index is 1310. The van der Waals surface area contributed by atoms with E-state index < -0.39 is 11.0 Å². The number of nitro groups is 1. The second-order valence-corrected chi connectivity index (χ2v) is 10.8. The van der Waals surface area contributed by atoms with Gasteiger partial charge in [-0.15, -0.1) is 11.3 Å². The van der Waals surface area contributed by atoms with Crippen LogP contribution in [-0.2, 0) is 17.8 Å². The van der Waals surface area contributed by atoms with E-state index in [4.69, 9.17) is 9.47 Å². The molecule has 2 aromatic carbocycles. The normalized spacial score (nSPS) is 10.8. The second kappa shape index (κ2) is 14.3. The van der Waals surface area contributed by atoms with E-state index in [-0.39, 0.29) is 24.1 Å². The molecule has 3 rings (SSSR count). The van der Waals surface area contributed by atoms with E-state index in [1.165, 1.54) is 29.2 Å². The maximum absolute atomic E-state index is 13.7. The van der Waals surface area contributed by atoms with Crippen LogP contribution in [0.5, 0.6) is 11.5 Å². The number of hydrogen-bond donors (Lipinski definition) is 1. The number of methoxy groups -OCH3 is 2. The SMILES string of the molecule is COc1ccc(CCN(Cc2sccc2C)C(=O)CN(CC(C)C)C(=O)Nc2ccc([N+](=O)[O-])cc2)cc1OC. The number of non-ortho nitro benzene ring substituents is 1. The van der Waals surface area contributed by atoms with Gasteiger partial charge in [-0.1, -0.05) is 19.9 Å². The molecule has 3 aromatic rings. The average Bonchev–Trinajstić information content (AvgIpc) is 3.34. The van der Waals surface area contributed by atoms with Crippen molar-refractivity contribution in [3.63, 3.8) is 0 Å². The molecule has 0 saturated heterocycles. The van der Waals surface area contributed by atoms with Gasteiger partial charge in [0.25, 0.3) is 5.69 Å². The lowest BCUT2D eigenvalue weighted by Crippen LogP contribution is -2.46. The second-order valence-electron chi connectivity index (χ2n) is 9.79. The Hall–Kier alpha value is -4.12. The third-order valence-electron chi connectivity index (χ3n) is 6.30. The summed E-state index contributed by atoms with van der Waals surface area (Å²) in [4.78, 5) is 41.7. The van der Waals surface area contributed by atoms with Crippen LogP contribution in [0.2, 0.25) is 0 Å². The first-order valence-corrected chi connectivity index (χ1v) is 13.8. The molecule has 0 fully saturated rings. The fraction of sp³-hybridized carbons (Fsp3) is 0.379. The standard InChI is InChI=1S/C29H36N4O6S/c1-20(2)17-32(29(35)30-23-7-9-24(10-8-23)33(36)37)19-28(34)31(18-27-21(3)13-15-40-27)14-12-22-6-11-25(38-4)26(16-22)39-5/h6-11,13,15-16,20H,12,14,17-19H2,1-5H3,(H,30,35). The fourth-order valence-corrected chi connectivity index (χ4v) is 5.04. The summed E-state index contributed by atoms with van der Waals surface area (Å²) in [6.45, 7) is 7.12. The first-order chi connectivity index (χ1) is 19.1. The molecule has 0 saturated carbocycles. The highest BCUT2D eigenvalue weighted by Crippen LogP contribution is 2.28. The van der Waals surface area contributed by atoms with Crippen molar-refractivity contribution >= 4 is 34.6 Å². The molecule has 1 heterocycles. The van der Waals surface area contributed by atoms with Gasteiger partial charge < -0.3 is 24.6 Å². The first kappa shape index (κ1) is 30.4. The van der Waals surface area contributed by atoms with Gasteiger partial charge in [0.1, 0.15) is 6.54 Å². The van der Waals surface area contributed by atoms with E-state index in [0.717, 1.165) is 16.0 Å². The number of rotatable bonds is 13. The van der Waals surface area contributed by atoms with Crippen molar-refractivity contribution < 1.29 is 24.0 Å². The zero-order valence-corrected chi connectivity index (χ0v) is 24.3. The molecular weight excluding hydrogens is 532 g/mol. The molecule has 1 aromatic heterocycles. The summed E-state index contributed by atoms with van der Waals surface area (Å²) >= 11 is 1.60. The van der Waals surface area contributed by atoms with Gasteiger partial charge in [0, 0.05) is 35.8 Å². The lowest BCUT2D eigenvalue weighted by atomic mass is 10.1. The Morgan fingerprint density at radius 2 is 1.73 bits per heavy atom. The molecule has 0 aliphatic heterocycles. The van der Waals surface area contributed by atoms with E-state index in [9.17, 15) is 19.7 Å². The molecule has 0 unspecified atom stereocenters. The average molecular weight is 569 g/mol. The summed E-state index contributed by atoms with van der Waals surface area (Å²) < 4.78 is 10.8. The number of nitrogens with zero attached hydrogens (tertiary/aromatic N) is 3. The third kappa shape index (κ3) is 8.44. The van der Waals surface area contributed by atoms with Gasteiger partial charge >= 0.3 is 6.03 Å². The number of nitro benzene ring substituents is 1. The molecule has 3 amide bonds. The Labute approximate surface area is 238 Å². The van der Waals surface area contributed by atoms with Crippen LogP contribution in [0, 0.1) is 23.0 Å². The fourth-order valence-electron chi connectivity index (χ4n) is 4.12. The Kier molecular flexibility index (Phi) is 10.9. The predicted molar refractivity (Wildman–Crippen MR) is 156 cm³/mol. The van der Waals surface area contributed by atoms with Gasteiger partial charge in [-0.2, -0.15) is 0 Å². The van der Waals surface area contributed by atoms with Crippen LogP contribution < -0.4 is 14.8 Å². The van der Waals surface area contributed by atoms with Crippen molar-refractivity contribution in [2.45, 2.75) is 33.7 Å². The Balaban J connectivity index is 1.77. The van der Waals surface area contributed by atoms with Gasteiger partial charge in [-0.05, 0) is 66.1 Å². The molecule has 11 heteroatoms. The van der Waals surface area contributed by atoms with Crippen LogP contribution in [0.15, 0.2) is 53.9 Å². The lowest BCUT2D eigenvalue weighted by Gasteiger charge is -2.29. The minimum Gasteiger partial charge on any atom is -0.493 e. The van der Waals surface area contributed by atoms with Crippen LogP contribution in [0.3, 0.4) is 0 Å². The van der Waals surface area contributed by atoms with Crippen molar-refractivity contribution in [1.29, 1.82) is 0 Å². The molecule has 10 nitrogen and oxygen atoms in total. The minimum atomic E-state index is -0.499. The number of amides is 3. The zero-order chi connectivity index (χ0) is 29.2. The highest BCUT2D eigenvalue weighted by atomic mass is 32.1. The number of aryl methyl sites for hydroxylation is 1. The van der Waals surface area contributed by atoms with Crippen molar-refractivity contribution in [2.75, 3.05) is 39.2 Å². The highest BCUT2D eigenvalue weighted by Gasteiger charge is 2.23. The predicted octanol–water partition coefficient (Wildman–Crippen LogP) is 5.74. The summed E-state index contributed by atoms with van der Waals surface area (Å²) in [7, 11) is 3.17. The van der Waals surface area contributed by atoms with Crippen LogP contribution in [0.1, 0.15) is 29.9 Å². The summed E-state index contributed by atoms with van der Waals surface area (Å²) in [5.41, 5.74) is 2.45. The number of nitrogens with one attached hydrogen (secondary N) is 1. The minimum absolute atomic E-state index is 0.0683. The van der Waals surface area contributed by atoms with E-state index in [1.807, 2.05) is 50.4 Å². The van der Waals surface area contributed by atoms with Crippen LogP contribution in [0.25, 0.3) is 0 Å². The van der Waals surface area contributed by atoms with E-state index in [1.54, 1.807) is 30.5 Å². The number of carbonyl (C=O) groups is 2. The Morgan fingerprint density at radius 3 is 2.30 bits per heavy atom. The molecular formula is C29H36N4O6S. The molecule has 0 spiro atoms. The molecule has 0 bridgehead atoms. The number of anilines is 1. The molecule has 0 aliphatic carbocycles. The maximum atomic E-state index is 13.7. The summed E-state index contributed by atoms with van der Waals surface area (Å²) in [5, 5.41) is 15.7. The number of benzene rings is 2. The van der Waals surface area contributed by atoms with Gasteiger partial charge in [-0.25, -0.2) is 4.79 Å². The van der Waals surface area contributed by atoms with Crippen LogP contribution in [-0.4, -0.2) is 60.5 Å². The van der Waals surface area contributed by atoms with Crippen LogP contribution in [0.4, 0.5) is 16.2 Å². The number of urea groups is 1. The van der Waals surface area contributed by atoms with E-state index in [2.05, 4.69) is 5.32 Å². The smallest absolute Gasteiger partial charge is 0.322 e. The summed E-state index contributed by atoms with van der Waals surface area (Å²) in [5.74, 6) is 1.21. The lowest BCUT2D eigenvalue weighted by molar-refractivity contribution is -0.384. The number of hydrogen-bond acceptors (Lipinski definition) is 7. The summed E-state index contributed by atoms with van der Waals surface area (Å²) in [6.07, 6.45) is 0.593. The van der Waals surface area contributed by atoms with Gasteiger partial charge in [0.05, 0.1) is 25.7 Å². The number of ether oxygens (including phenoxy) is 2. The molecule has 1 N–H and O–H groups in total. The number of thiophene rings is 1. The topological polar surface area (TPSA) is 114 Å². The highest BCUT2D eigenvalue weighted by molar-refractivity contribution is 7.10. The van der Waals surface area contributed by atoms with Gasteiger partial charge in [0.2, 0.25) is 5.91 Å². The zero-order valence-electron chi connectivity index (χ0n) is 23.5. The third-order valence-corrected chi connectivity index (χ3v) is 7.31. The molecule has 0 radical (unpaired) electrons. The van der Waals surface area contributed by atoms with Crippen molar-refractivity contribution in [3.8, 4) is 11.5 Å².